The standard InChI is InChI=1S/C19H13ClFN3O2S/c1-10-22-17-12-4-2-3-5-15(12)27-18(17)19(26)24(10)9-16(25)23-14-7-6-11(20)8-13(14)21/h2-8H,9H2,1H3,(H,23,25). The van der Waals surface area contributed by atoms with Crippen LogP contribution in [0.3, 0.4) is 0 Å². The van der Waals surface area contributed by atoms with Crippen molar-refractivity contribution in [3.63, 3.8) is 0 Å². The van der Waals surface area contributed by atoms with Gasteiger partial charge in [0.05, 0.1) is 11.2 Å². The Balaban J connectivity index is 1.70. The number of hydrogen-bond acceptors (Lipinski definition) is 4. The molecule has 0 saturated heterocycles. The van der Waals surface area contributed by atoms with Gasteiger partial charge in [-0.3, -0.25) is 14.2 Å². The number of benzene rings is 2. The van der Waals surface area contributed by atoms with Gasteiger partial charge < -0.3 is 5.32 Å². The van der Waals surface area contributed by atoms with E-state index in [1.165, 1.54) is 28.0 Å². The number of carbonyl (C=O) groups excluding carboxylic acids is 1. The van der Waals surface area contributed by atoms with E-state index in [-0.39, 0.29) is 22.8 Å². The zero-order valence-corrected chi connectivity index (χ0v) is 15.7. The Morgan fingerprint density at radius 2 is 2.07 bits per heavy atom. The van der Waals surface area contributed by atoms with Gasteiger partial charge in [-0.2, -0.15) is 0 Å². The number of anilines is 1. The van der Waals surface area contributed by atoms with E-state index >= 15 is 0 Å². The van der Waals surface area contributed by atoms with Gasteiger partial charge in [-0.25, -0.2) is 9.37 Å². The summed E-state index contributed by atoms with van der Waals surface area (Å²) in [5.41, 5.74) is 0.356. The maximum absolute atomic E-state index is 13.9. The van der Waals surface area contributed by atoms with Crippen molar-refractivity contribution in [2.45, 2.75) is 13.5 Å². The maximum Gasteiger partial charge on any atom is 0.272 e. The summed E-state index contributed by atoms with van der Waals surface area (Å²) in [6.45, 7) is 1.41. The molecule has 0 atom stereocenters. The third-order valence-corrected chi connectivity index (χ3v) is 5.56. The van der Waals surface area contributed by atoms with Crippen molar-refractivity contribution in [3.8, 4) is 0 Å². The molecule has 0 radical (unpaired) electrons. The lowest BCUT2D eigenvalue weighted by Crippen LogP contribution is -2.30. The van der Waals surface area contributed by atoms with Gasteiger partial charge in [0.1, 0.15) is 22.9 Å². The summed E-state index contributed by atoms with van der Waals surface area (Å²) in [7, 11) is 0. The molecule has 0 bridgehead atoms. The summed E-state index contributed by atoms with van der Waals surface area (Å²) in [4.78, 5) is 29.7. The first-order valence-electron chi connectivity index (χ1n) is 8.07. The Hall–Kier alpha value is -2.77. The highest BCUT2D eigenvalue weighted by Crippen LogP contribution is 2.30. The van der Waals surface area contributed by atoms with Gasteiger partial charge in [0.25, 0.3) is 5.56 Å². The van der Waals surface area contributed by atoms with Crippen molar-refractivity contribution in [3.05, 3.63) is 69.5 Å². The number of rotatable bonds is 3. The zero-order chi connectivity index (χ0) is 19.1. The molecular formula is C19H13ClFN3O2S. The number of nitrogens with zero attached hydrogens (tertiary/aromatic N) is 2. The van der Waals surface area contributed by atoms with Crippen LogP contribution in [0.5, 0.6) is 0 Å². The molecule has 2 aromatic carbocycles. The Bertz CT molecular complexity index is 1270. The van der Waals surface area contributed by atoms with Crippen molar-refractivity contribution in [2.75, 3.05) is 5.32 Å². The van der Waals surface area contributed by atoms with Gasteiger partial charge >= 0.3 is 0 Å². The number of thiophene rings is 1. The molecule has 27 heavy (non-hydrogen) atoms. The number of aromatic nitrogens is 2. The molecule has 1 N–H and O–H groups in total. The highest BCUT2D eigenvalue weighted by atomic mass is 35.5. The quantitative estimate of drug-likeness (QED) is 0.555. The van der Waals surface area contributed by atoms with Crippen LogP contribution in [0.15, 0.2) is 47.3 Å². The van der Waals surface area contributed by atoms with Crippen LogP contribution in [0.25, 0.3) is 20.3 Å². The number of aryl methyl sites for hydroxylation is 1. The highest BCUT2D eigenvalue weighted by Gasteiger charge is 2.16. The van der Waals surface area contributed by atoms with Gasteiger partial charge in [-0.15, -0.1) is 11.3 Å². The van der Waals surface area contributed by atoms with Crippen molar-refractivity contribution in [1.82, 2.24) is 9.55 Å². The van der Waals surface area contributed by atoms with Crippen molar-refractivity contribution < 1.29 is 9.18 Å². The first kappa shape index (κ1) is 17.6. The van der Waals surface area contributed by atoms with Gasteiger partial charge in [0, 0.05) is 15.1 Å². The smallest absolute Gasteiger partial charge is 0.272 e. The minimum atomic E-state index is -0.641. The van der Waals surface area contributed by atoms with Crippen molar-refractivity contribution in [2.24, 2.45) is 0 Å². The van der Waals surface area contributed by atoms with E-state index < -0.39 is 11.7 Å². The summed E-state index contributed by atoms with van der Waals surface area (Å²) >= 11 is 7.05. The topological polar surface area (TPSA) is 64.0 Å². The lowest BCUT2D eigenvalue weighted by Gasteiger charge is -2.10. The first-order chi connectivity index (χ1) is 12.9. The SMILES string of the molecule is Cc1nc2c(sc3ccccc32)c(=O)n1CC(=O)Nc1ccc(Cl)cc1F. The summed E-state index contributed by atoms with van der Waals surface area (Å²) in [5.74, 6) is -0.746. The average Bonchev–Trinajstić information content (AvgIpc) is 3.00. The molecule has 0 aliphatic rings. The van der Waals surface area contributed by atoms with Crippen molar-refractivity contribution in [1.29, 1.82) is 0 Å². The molecule has 0 unspecified atom stereocenters. The molecule has 0 saturated carbocycles. The molecule has 0 spiro atoms. The molecule has 1 amide bonds. The van der Waals surface area contributed by atoms with E-state index in [2.05, 4.69) is 10.3 Å². The molecule has 4 aromatic rings. The van der Waals surface area contributed by atoms with Crippen LogP contribution >= 0.6 is 22.9 Å². The van der Waals surface area contributed by atoms with Crippen LogP contribution in [0.4, 0.5) is 10.1 Å². The fourth-order valence-corrected chi connectivity index (χ4v) is 4.14. The van der Waals surface area contributed by atoms with Gasteiger partial charge in [0.15, 0.2) is 0 Å². The minimum absolute atomic E-state index is 0.00556. The second kappa shape index (κ2) is 6.75. The Kier molecular flexibility index (Phi) is 4.41. The van der Waals surface area contributed by atoms with Crippen LogP contribution in [0.1, 0.15) is 5.82 Å². The van der Waals surface area contributed by atoms with Crippen molar-refractivity contribution >= 4 is 54.8 Å². The number of hydrogen-bond donors (Lipinski definition) is 1. The molecule has 0 fully saturated rings. The van der Waals surface area contributed by atoms with E-state index in [1.54, 1.807) is 6.92 Å². The average molecular weight is 402 g/mol. The lowest BCUT2D eigenvalue weighted by molar-refractivity contribution is -0.116. The van der Waals surface area contributed by atoms with E-state index in [9.17, 15) is 14.0 Å². The molecule has 4 rings (SSSR count). The lowest BCUT2D eigenvalue weighted by atomic mass is 10.2. The second-order valence-electron chi connectivity index (χ2n) is 6.00. The van der Waals surface area contributed by atoms with Gasteiger partial charge in [-0.1, -0.05) is 29.8 Å². The van der Waals surface area contributed by atoms with Crippen LogP contribution in [0.2, 0.25) is 5.02 Å². The third kappa shape index (κ3) is 3.20. The summed E-state index contributed by atoms with van der Waals surface area (Å²) in [5, 5.41) is 3.61. The predicted octanol–water partition coefficient (Wildman–Crippen LogP) is 4.35. The van der Waals surface area contributed by atoms with E-state index in [0.717, 1.165) is 16.2 Å². The van der Waals surface area contributed by atoms with Crippen LogP contribution < -0.4 is 10.9 Å². The molecule has 2 aromatic heterocycles. The van der Waals surface area contributed by atoms with E-state index in [0.29, 0.717) is 16.0 Å². The molecule has 8 heteroatoms. The fourth-order valence-electron chi connectivity index (χ4n) is 2.89. The normalized spacial score (nSPS) is 11.2. The molecule has 2 heterocycles. The predicted molar refractivity (Wildman–Crippen MR) is 106 cm³/mol. The monoisotopic (exact) mass is 401 g/mol. The fraction of sp³-hybridized carbons (Fsp3) is 0.105. The van der Waals surface area contributed by atoms with Crippen LogP contribution in [0, 0.1) is 12.7 Å². The largest absolute Gasteiger partial charge is 0.322 e. The number of amides is 1. The Labute approximate surface area is 162 Å². The van der Waals surface area contributed by atoms with E-state index in [4.69, 9.17) is 11.6 Å². The van der Waals surface area contributed by atoms with Gasteiger partial charge in [0.2, 0.25) is 5.91 Å². The minimum Gasteiger partial charge on any atom is -0.322 e. The number of carbonyl (C=O) groups is 1. The maximum atomic E-state index is 13.9. The molecule has 136 valence electrons. The Morgan fingerprint density at radius 3 is 2.85 bits per heavy atom. The Morgan fingerprint density at radius 1 is 1.30 bits per heavy atom. The number of halogens is 2. The van der Waals surface area contributed by atoms with Crippen LogP contribution in [-0.4, -0.2) is 15.5 Å². The van der Waals surface area contributed by atoms with E-state index in [1.807, 2.05) is 24.3 Å². The zero-order valence-electron chi connectivity index (χ0n) is 14.1. The second-order valence-corrected chi connectivity index (χ2v) is 7.49. The highest BCUT2D eigenvalue weighted by molar-refractivity contribution is 7.25. The first-order valence-corrected chi connectivity index (χ1v) is 9.27. The summed E-state index contributed by atoms with van der Waals surface area (Å²) in [6.07, 6.45) is 0. The number of nitrogens with one attached hydrogen (secondary N) is 1. The molecular weight excluding hydrogens is 389 g/mol. The summed E-state index contributed by atoms with van der Waals surface area (Å²) < 4.78 is 16.6. The molecule has 0 aliphatic heterocycles. The summed E-state index contributed by atoms with van der Waals surface area (Å²) in [6, 6.07) is 11.6. The van der Waals surface area contributed by atoms with Crippen LogP contribution in [-0.2, 0) is 11.3 Å². The third-order valence-electron chi connectivity index (χ3n) is 4.18. The van der Waals surface area contributed by atoms with Gasteiger partial charge in [-0.05, 0) is 31.2 Å². The molecule has 0 aliphatic carbocycles. The number of fused-ring (bicyclic) bond motifs is 3. The molecule has 5 nitrogen and oxygen atoms in total.